The van der Waals surface area contributed by atoms with Crippen LogP contribution in [0.3, 0.4) is 0 Å². The van der Waals surface area contributed by atoms with E-state index in [0.717, 1.165) is 25.7 Å². The van der Waals surface area contributed by atoms with Gasteiger partial charge in [-0.2, -0.15) is 0 Å². The number of rotatable bonds is 6. The molecule has 2 rings (SSSR count). The molecule has 1 heterocycles. The summed E-state index contributed by atoms with van der Waals surface area (Å²) in [5.74, 6) is -0.353. The van der Waals surface area contributed by atoms with E-state index in [1.54, 1.807) is 10.8 Å². The van der Waals surface area contributed by atoms with Gasteiger partial charge in [-0.1, -0.05) is 19.3 Å². The third-order valence-corrected chi connectivity index (χ3v) is 4.25. The molecule has 6 nitrogen and oxygen atoms in total. The van der Waals surface area contributed by atoms with Gasteiger partial charge >= 0.3 is 0 Å². The number of nitrogens with two attached hydrogens (primary N) is 1. The van der Waals surface area contributed by atoms with Gasteiger partial charge in [-0.15, -0.1) is 0 Å². The summed E-state index contributed by atoms with van der Waals surface area (Å²) < 4.78 is 1.73. The molecule has 0 spiro atoms. The van der Waals surface area contributed by atoms with Crippen molar-refractivity contribution < 1.29 is 9.90 Å². The third kappa shape index (κ3) is 3.83. The van der Waals surface area contributed by atoms with Crippen LogP contribution in [-0.2, 0) is 5.54 Å². The number of nitrogens with zero attached hydrogens (tertiary/aromatic N) is 2. The maximum Gasteiger partial charge on any atom is 0.284 e. The topological polar surface area (TPSA) is 93.2 Å². The van der Waals surface area contributed by atoms with Gasteiger partial charge < -0.3 is 20.7 Å². The lowest BCUT2D eigenvalue weighted by Crippen LogP contribution is -2.47. The second kappa shape index (κ2) is 6.15. The van der Waals surface area contributed by atoms with E-state index < -0.39 is 11.5 Å². The van der Waals surface area contributed by atoms with Crippen LogP contribution in [-0.4, -0.2) is 39.3 Å². The Hall–Kier alpha value is -1.40. The lowest BCUT2D eigenvalue weighted by molar-refractivity contribution is 0.00346. The van der Waals surface area contributed by atoms with Gasteiger partial charge in [-0.05, 0) is 26.7 Å². The van der Waals surface area contributed by atoms with E-state index in [9.17, 15) is 9.90 Å². The number of hydrogen-bond donors (Lipinski definition) is 3. The standard InChI is InChI=1S/C15H25N4O2/c1-14(2,19-9-8-18-13(19)12(16)20)10-17-11-15(21)6-4-3-5-7-15/h9,17,21H,3-7,10-11H2,1-2H3,(H2,16,20). The molecule has 1 amide bonds. The van der Waals surface area contributed by atoms with Crippen LogP contribution in [0.4, 0.5) is 0 Å². The van der Waals surface area contributed by atoms with E-state index in [4.69, 9.17) is 5.73 Å². The zero-order valence-electron chi connectivity index (χ0n) is 12.9. The predicted molar refractivity (Wildman–Crippen MR) is 79.8 cm³/mol. The number of nitrogens with one attached hydrogen (secondary N) is 1. The second-order valence-corrected chi connectivity index (χ2v) is 6.63. The summed E-state index contributed by atoms with van der Waals surface area (Å²) in [6.07, 6.45) is 9.39. The van der Waals surface area contributed by atoms with Crippen LogP contribution >= 0.6 is 0 Å². The van der Waals surface area contributed by atoms with Crippen LogP contribution in [0.5, 0.6) is 0 Å². The molecule has 0 bridgehead atoms. The highest BCUT2D eigenvalue weighted by molar-refractivity contribution is 5.89. The first-order valence-corrected chi connectivity index (χ1v) is 7.53. The molecule has 0 aromatic carbocycles. The molecule has 4 N–H and O–H groups in total. The first-order chi connectivity index (χ1) is 9.84. The van der Waals surface area contributed by atoms with Crippen molar-refractivity contribution in [3.8, 4) is 0 Å². The molecular formula is C15H25N4O2. The Bertz CT molecular complexity index is 490. The Morgan fingerprint density at radius 3 is 2.81 bits per heavy atom. The van der Waals surface area contributed by atoms with Crippen molar-refractivity contribution in [2.75, 3.05) is 13.1 Å². The fourth-order valence-corrected chi connectivity index (χ4v) is 2.97. The number of primary amides is 1. The minimum Gasteiger partial charge on any atom is -0.389 e. The van der Waals surface area contributed by atoms with Crippen molar-refractivity contribution in [1.82, 2.24) is 14.9 Å². The average Bonchev–Trinajstić information content (AvgIpc) is 2.89. The normalized spacial score (nSPS) is 18.6. The molecule has 1 radical (unpaired) electrons. The van der Waals surface area contributed by atoms with Crippen molar-refractivity contribution in [2.45, 2.75) is 57.1 Å². The van der Waals surface area contributed by atoms with Crippen LogP contribution in [0.1, 0.15) is 56.6 Å². The summed E-state index contributed by atoms with van der Waals surface area (Å²) in [7, 11) is 0. The maximum atomic E-state index is 11.4. The van der Waals surface area contributed by atoms with Crippen molar-refractivity contribution >= 4 is 5.91 Å². The van der Waals surface area contributed by atoms with Gasteiger partial charge in [0.1, 0.15) is 6.20 Å². The molecule has 0 aliphatic heterocycles. The molecular weight excluding hydrogens is 268 g/mol. The van der Waals surface area contributed by atoms with E-state index in [-0.39, 0.29) is 11.4 Å². The SMILES string of the molecule is CC(C)(CNCC1(O)CCCCC1)n1c[c]nc1C(N)=O. The number of carbonyl (C=O) groups is 1. The van der Waals surface area contributed by atoms with Gasteiger partial charge in [-0.25, -0.2) is 4.98 Å². The summed E-state index contributed by atoms with van der Waals surface area (Å²) in [5, 5.41) is 13.8. The molecule has 6 heteroatoms. The molecule has 1 aromatic heterocycles. The van der Waals surface area contributed by atoms with E-state index in [2.05, 4.69) is 16.5 Å². The molecule has 0 atom stereocenters. The second-order valence-electron chi connectivity index (χ2n) is 6.63. The predicted octanol–water partition coefficient (Wildman–Crippen LogP) is 0.802. The summed E-state index contributed by atoms with van der Waals surface area (Å²) in [5.41, 5.74) is 4.35. The van der Waals surface area contributed by atoms with Gasteiger partial charge in [0.15, 0.2) is 5.82 Å². The fraction of sp³-hybridized carbons (Fsp3) is 0.733. The number of carbonyl (C=O) groups excluding carboxylic acids is 1. The molecule has 0 unspecified atom stereocenters. The average molecular weight is 293 g/mol. The lowest BCUT2D eigenvalue weighted by atomic mass is 9.85. The third-order valence-electron chi connectivity index (χ3n) is 4.25. The summed E-state index contributed by atoms with van der Waals surface area (Å²) in [4.78, 5) is 15.2. The number of amides is 1. The van der Waals surface area contributed by atoms with Crippen molar-refractivity contribution in [3.05, 3.63) is 18.2 Å². The van der Waals surface area contributed by atoms with Gasteiger partial charge in [0.2, 0.25) is 0 Å². The molecule has 1 aliphatic rings. The van der Waals surface area contributed by atoms with Crippen LogP contribution in [0.25, 0.3) is 0 Å². The number of hydrogen-bond acceptors (Lipinski definition) is 4. The number of imidazole rings is 1. The minimum absolute atomic E-state index is 0.207. The number of aromatic nitrogens is 2. The molecule has 117 valence electrons. The van der Waals surface area contributed by atoms with Crippen molar-refractivity contribution in [1.29, 1.82) is 0 Å². The molecule has 1 aromatic rings. The summed E-state index contributed by atoms with van der Waals surface area (Å²) >= 11 is 0. The number of aliphatic hydroxyl groups is 1. The fourth-order valence-electron chi connectivity index (χ4n) is 2.97. The Balaban J connectivity index is 1.94. The molecule has 21 heavy (non-hydrogen) atoms. The monoisotopic (exact) mass is 293 g/mol. The highest BCUT2D eigenvalue weighted by Gasteiger charge is 2.30. The lowest BCUT2D eigenvalue weighted by Gasteiger charge is -2.34. The summed E-state index contributed by atoms with van der Waals surface area (Å²) in [6.45, 7) is 5.17. The quantitative estimate of drug-likeness (QED) is 0.723. The zero-order valence-corrected chi connectivity index (χ0v) is 12.9. The molecule has 1 aliphatic carbocycles. The van der Waals surface area contributed by atoms with E-state index in [1.165, 1.54) is 6.42 Å². The van der Waals surface area contributed by atoms with Gasteiger partial charge in [0.25, 0.3) is 5.91 Å². The first kappa shape index (κ1) is 16.0. The highest BCUT2D eigenvalue weighted by Crippen LogP contribution is 2.27. The zero-order chi connectivity index (χ0) is 15.5. The van der Waals surface area contributed by atoms with Gasteiger partial charge in [-0.3, -0.25) is 4.79 Å². The van der Waals surface area contributed by atoms with Gasteiger partial charge in [0.05, 0.1) is 11.1 Å². The minimum atomic E-state index is -0.595. The van der Waals surface area contributed by atoms with E-state index >= 15 is 0 Å². The Kier molecular flexibility index (Phi) is 4.68. The maximum absolute atomic E-state index is 11.4. The van der Waals surface area contributed by atoms with E-state index in [1.807, 2.05) is 13.8 Å². The molecule has 0 saturated heterocycles. The Morgan fingerprint density at radius 1 is 1.52 bits per heavy atom. The highest BCUT2D eigenvalue weighted by atomic mass is 16.3. The van der Waals surface area contributed by atoms with Crippen LogP contribution in [0.15, 0.2) is 6.20 Å². The van der Waals surface area contributed by atoms with Gasteiger partial charge in [0, 0.05) is 19.3 Å². The smallest absolute Gasteiger partial charge is 0.284 e. The first-order valence-electron chi connectivity index (χ1n) is 7.53. The van der Waals surface area contributed by atoms with Crippen LogP contribution in [0, 0.1) is 6.20 Å². The summed E-state index contributed by atoms with van der Waals surface area (Å²) in [6, 6.07) is 0. The molecule has 1 fully saturated rings. The Morgan fingerprint density at radius 2 is 2.19 bits per heavy atom. The Labute approximate surface area is 125 Å². The van der Waals surface area contributed by atoms with Crippen molar-refractivity contribution in [3.63, 3.8) is 0 Å². The molecule has 1 saturated carbocycles. The largest absolute Gasteiger partial charge is 0.389 e. The van der Waals surface area contributed by atoms with Crippen LogP contribution in [0.2, 0.25) is 0 Å². The van der Waals surface area contributed by atoms with E-state index in [0.29, 0.717) is 13.1 Å². The van der Waals surface area contributed by atoms with Crippen molar-refractivity contribution in [2.24, 2.45) is 5.73 Å². The van der Waals surface area contributed by atoms with Crippen LogP contribution < -0.4 is 11.1 Å².